The highest BCUT2D eigenvalue weighted by Gasteiger charge is 2.30. The van der Waals surface area contributed by atoms with Crippen molar-refractivity contribution in [2.45, 2.75) is 58.4 Å². The summed E-state index contributed by atoms with van der Waals surface area (Å²) < 4.78 is 7.62. The molecule has 5 rings (SSSR count). The fourth-order valence-corrected chi connectivity index (χ4v) is 5.23. The molecular formula is C28H35ClN4O2. The molecule has 2 aliphatic heterocycles. The molecular weight excluding hydrogens is 460 g/mol. The molecule has 0 saturated carbocycles. The first-order valence-electron chi connectivity index (χ1n) is 12.6. The number of amides is 1. The van der Waals surface area contributed by atoms with Gasteiger partial charge >= 0.3 is 0 Å². The summed E-state index contributed by atoms with van der Waals surface area (Å²) in [7, 11) is 0. The van der Waals surface area contributed by atoms with Crippen LogP contribution in [-0.2, 0) is 14.9 Å². The van der Waals surface area contributed by atoms with E-state index in [4.69, 9.17) is 21.3 Å². The predicted octanol–water partition coefficient (Wildman–Crippen LogP) is 5.41. The summed E-state index contributed by atoms with van der Waals surface area (Å²) in [4.78, 5) is 20.2. The molecule has 0 unspecified atom stereocenters. The number of nitrogens with one attached hydrogen (secondary N) is 1. The van der Waals surface area contributed by atoms with E-state index in [9.17, 15) is 4.79 Å². The average Bonchev–Trinajstić information content (AvgIpc) is 3.47. The van der Waals surface area contributed by atoms with Gasteiger partial charge in [-0.05, 0) is 67.0 Å². The third-order valence-corrected chi connectivity index (χ3v) is 7.74. The first-order valence-corrected chi connectivity index (χ1v) is 13.0. The monoisotopic (exact) mass is 494 g/mol. The molecule has 2 aliphatic rings. The van der Waals surface area contributed by atoms with Crippen molar-refractivity contribution in [1.82, 2.24) is 14.9 Å². The minimum absolute atomic E-state index is 0.0347. The molecule has 1 atom stereocenters. The van der Waals surface area contributed by atoms with Crippen molar-refractivity contribution in [2.24, 2.45) is 5.92 Å². The topological polar surface area (TPSA) is 59.4 Å². The smallest absolute Gasteiger partial charge is 0.223 e. The molecule has 0 radical (unpaired) electrons. The first kappa shape index (κ1) is 24.1. The second-order valence-corrected chi connectivity index (χ2v) is 11.4. The van der Waals surface area contributed by atoms with Crippen molar-refractivity contribution in [1.29, 1.82) is 0 Å². The highest BCUT2D eigenvalue weighted by Crippen LogP contribution is 2.34. The van der Waals surface area contributed by atoms with Crippen molar-refractivity contribution in [3.05, 3.63) is 52.5 Å². The van der Waals surface area contributed by atoms with Gasteiger partial charge in [0.05, 0.1) is 23.7 Å². The SMILES string of the molecule is Cc1cc2nc(N3CCC(C(=O)N[C@@H]4CCOC4)CC3)n(-c3ccc(C(C)(C)C)cc3)c2cc1Cl. The number of aryl methyl sites for hydroxylation is 1. The Morgan fingerprint density at radius 1 is 1.11 bits per heavy atom. The maximum absolute atomic E-state index is 12.8. The number of hydrogen-bond donors (Lipinski definition) is 1. The molecule has 186 valence electrons. The highest BCUT2D eigenvalue weighted by atomic mass is 35.5. The summed E-state index contributed by atoms with van der Waals surface area (Å²) in [6.07, 6.45) is 2.53. The fraction of sp³-hybridized carbons (Fsp3) is 0.500. The zero-order chi connectivity index (χ0) is 24.7. The van der Waals surface area contributed by atoms with Gasteiger partial charge in [0.1, 0.15) is 0 Å². The predicted molar refractivity (Wildman–Crippen MR) is 142 cm³/mol. The third kappa shape index (κ3) is 4.91. The largest absolute Gasteiger partial charge is 0.379 e. The molecule has 6 nitrogen and oxygen atoms in total. The zero-order valence-corrected chi connectivity index (χ0v) is 21.9. The number of piperidine rings is 1. The number of hydrogen-bond acceptors (Lipinski definition) is 4. The van der Waals surface area contributed by atoms with Crippen molar-refractivity contribution in [3.63, 3.8) is 0 Å². The second kappa shape index (κ2) is 9.47. The first-order chi connectivity index (χ1) is 16.7. The third-order valence-electron chi connectivity index (χ3n) is 7.33. The summed E-state index contributed by atoms with van der Waals surface area (Å²) in [6.45, 7) is 11.6. The van der Waals surface area contributed by atoms with Crippen LogP contribution in [0, 0.1) is 12.8 Å². The number of carbonyl (C=O) groups excluding carboxylic acids is 1. The molecule has 3 aromatic rings. The second-order valence-electron chi connectivity index (χ2n) is 11.0. The number of halogens is 1. The van der Waals surface area contributed by atoms with Gasteiger partial charge in [0.2, 0.25) is 11.9 Å². The normalized spacial score (nSPS) is 19.5. The van der Waals surface area contributed by atoms with E-state index < -0.39 is 0 Å². The number of carbonyl (C=O) groups is 1. The zero-order valence-electron chi connectivity index (χ0n) is 21.1. The van der Waals surface area contributed by atoms with E-state index in [-0.39, 0.29) is 23.3 Å². The van der Waals surface area contributed by atoms with Crippen LogP contribution in [0.5, 0.6) is 0 Å². The van der Waals surface area contributed by atoms with Crippen molar-refractivity contribution in [2.75, 3.05) is 31.2 Å². The molecule has 2 fully saturated rings. The molecule has 3 heterocycles. The summed E-state index contributed by atoms with van der Waals surface area (Å²) >= 11 is 6.54. The summed E-state index contributed by atoms with van der Waals surface area (Å²) in [5.41, 5.74) is 5.40. The van der Waals surface area contributed by atoms with Gasteiger partial charge in [0.25, 0.3) is 0 Å². The van der Waals surface area contributed by atoms with Crippen LogP contribution in [0.1, 0.15) is 51.2 Å². The number of anilines is 1. The standard InChI is InChI=1S/C28H35ClN4O2/c1-18-15-24-25(16-23(18)29)33(22-7-5-20(6-8-22)28(2,3)4)27(31-24)32-12-9-19(10-13-32)26(34)30-21-11-14-35-17-21/h5-8,15-16,19,21H,9-14,17H2,1-4H3,(H,30,34)/t21-/m1/s1. The molecule has 0 bridgehead atoms. The minimum Gasteiger partial charge on any atom is -0.379 e. The van der Waals surface area contributed by atoms with E-state index >= 15 is 0 Å². The fourth-order valence-electron chi connectivity index (χ4n) is 5.08. The van der Waals surface area contributed by atoms with Crippen LogP contribution in [0.15, 0.2) is 36.4 Å². The van der Waals surface area contributed by atoms with Crippen molar-refractivity contribution in [3.8, 4) is 5.69 Å². The number of nitrogens with zero attached hydrogens (tertiary/aromatic N) is 3. The van der Waals surface area contributed by atoms with E-state index in [1.54, 1.807) is 0 Å². The van der Waals surface area contributed by atoms with Crippen LogP contribution in [0.2, 0.25) is 5.02 Å². The number of ether oxygens (including phenoxy) is 1. The molecule has 2 saturated heterocycles. The van der Waals surface area contributed by atoms with E-state index in [2.05, 4.69) is 65.9 Å². The van der Waals surface area contributed by atoms with Crippen molar-refractivity contribution < 1.29 is 9.53 Å². The molecule has 0 spiro atoms. The minimum atomic E-state index is 0.0347. The van der Waals surface area contributed by atoms with Gasteiger partial charge < -0.3 is 15.0 Å². The molecule has 0 aliphatic carbocycles. The number of aromatic nitrogens is 2. The van der Waals surface area contributed by atoms with Gasteiger partial charge in [0.15, 0.2) is 0 Å². The van der Waals surface area contributed by atoms with Crippen LogP contribution >= 0.6 is 11.6 Å². The van der Waals surface area contributed by atoms with Crippen LogP contribution in [-0.4, -0.2) is 47.8 Å². The Kier molecular flexibility index (Phi) is 6.53. The molecule has 1 aromatic heterocycles. The van der Waals surface area contributed by atoms with E-state index in [1.807, 2.05) is 13.0 Å². The summed E-state index contributed by atoms with van der Waals surface area (Å²) in [5, 5.41) is 3.91. The van der Waals surface area contributed by atoms with Crippen LogP contribution in [0.3, 0.4) is 0 Å². The van der Waals surface area contributed by atoms with Gasteiger partial charge in [-0.25, -0.2) is 4.98 Å². The van der Waals surface area contributed by atoms with E-state index in [1.165, 1.54) is 5.56 Å². The number of rotatable bonds is 4. The lowest BCUT2D eigenvalue weighted by molar-refractivity contribution is -0.126. The van der Waals surface area contributed by atoms with Gasteiger partial charge in [0, 0.05) is 36.3 Å². The van der Waals surface area contributed by atoms with Gasteiger partial charge in [-0.1, -0.05) is 44.5 Å². The summed E-state index contributed by atoms with van der Waals surface area (Å²) in [6, 6.07) is 13.0. The Morgan fingerprint density at radius 2 is 1.83 bits per heavy atom. The quantitative estimate of drug-likeness (QED) is 0.527. The lowest BCUT2D eigenvalue weighted by atomic mass is 9.87. The van der Waals surface area contributed by atoms with Crippen LogP contribution in [0.4, 0.5) is 5.95 Å². The Balaban J connectivity index is 1.43. The number of imidazole rings is 1. The van der Waals surface area contributed by atoms with E-state index in [0.29, 0.717) is 6.61 Å². The maximum Gasteiger partial charge on any atom is 0.223 e. The lowest BCUT2D eigenvalue weighted by Gasteiger charge is -2.33. The van der Waals surface area contributed by atoms with E-state index in [0.717, 1.165) is 72.2 Å². The molecule has 2 aromatic carbocycles. The van der Waals surface area contributed by atoms with Crippen LogP contribution in [0.25, 0.3) is 16.7 Å². The Hall–Kier alpha value is -2.57. The average molecular weight is 495 g/mol. The number of fused-ring (bicyclic) bond motifs is 1. The lowest BCUT2D eigenvalue weighted by Crippen LogP contribution is -2.44. The Morgan fingerprint density at radius 3 is 2.46 bits per heavy atom. The highest BCUT2D eigenvalue weighted by molar-refractivity contribution is 6.32. The molecule has 7 heteroatoms. The molecule has 35 heavy (non-hydrogen) atoms. The van der Waals surface area contributed by atoms with Gasteiger partial charge in [-0.15, -0.1) is 0 Å². The van der Waals surface area contributed by atoms with Gasteiger partial charge in [-0.2, -0.15) is 0 Å². The van der Waals surface area contributed by atoms with Crippen molar-refractivity contribution >= 4 is 34.5 Å². The summed E-state index contributed by atoms with van der Waals surface area (Å²) in [5.74, 6) is 1.11. The Labute approximate surface area is 212 Å². The Bertz CT molecular complexity index is 1210. The molecule has 1 N–H and O–H groups in total. The number of benzene rings is 2. The molecule has 1 amide bonds. The maximum atomic E-state index is 12.8. The van der Waals surface area contributed by atoms with Gasteiger partial charge in [-0.3, -0.25) is 9.36 Å². The van der Waals surface area contributed by atoms with Crippen LogP contribution < -0.4 is 10.2 Å².